The molecule has 4 rings (SSSR count). The van der Waals surface area contributed by atoms with Gasteiger partial charge in [0, 0.05) is 24.3 Å². The number of hydrogen-bond donors (Lipinski definition) is 0. The first kappa shape index (κ1) is 41.6. The summed E-state index contributed by atoms with van der Waals surface area (Å²) in [4.78, 5) is 47.2. The van der Waals surface area contributed by atoms with Gasteiger partial charge in [-0.1, -0.05) is 37.4 Å². The van der Waals surface area contributed by atoms with Crippen LogP contribution in [0.3, 0.4) is 0 Å². The van der Waals surface area contributed by atoms with Crippen LogP contribution in [0, 0.1) is 0 Å². The summed E-state index contributed by atoms with van der Waals surface area (Å²) in [6.45, 7) is 8.95. The van der Waals surface area contributed by atoms with Crippen molar-refractivity contribution in [2.75, 3.05) is 39.6 Å². The van der Waals surface area contributed by atoms with Crippen LogP contribution in [0.4, 0.5) is 0 Å². The van der Waals surface area contributed by atoms with Crippen LogP contribution < -0.4 is 9.47 Å². The van der Waals surface area contributed by atoms with Crippen molar-refractivity contribution in [3.8, 4) is 11.5 Å². The maximum absolute atomic E-state index is 12.6. The second-order valence-corrected chi connectivity index (χ2v) is 12.6. The molecule has 4 unspecified atom stereocenters. The zero-order valence-electron chi connectivity index (χ0n) is 30.6. The van der Waals surface area contributed by atoms with E-state index in [0.717, 1.165) is 86.1 Å². The predicted molar refractivity (Wildman–Crippen MR) is 200 cm³/mol. The minimum absolute atomic E-state index is 0.134. The topological polar surface area (TPSA) is 142 Å². The zero-order chi connectivity index (χ0) is 38.4. The number of esters is 4. The molecule has 4 atom stereocenters. The highest BCUT2D eigenvalue weighted by Gasteiger charge is 2.51. The molecule has 2 aromatic rings. The van der Waals surface area contributed by atoms with Crippen LogP contribution in [-0.4, -0.2) is 87.9 Å². The lowest BCUT2D eigenvalue weighted by Crippen LogP contribution is -2.35. The molecule has 2 saturated heterocycles. The molecule has 0 aromatic heterocycles. The summed E-state index contributed by atoms with van der Waals surface area (Å²) < 4.78 is 44.3. The van der Waals surface area contributed by atoms with Crippen molar-refractivity contribution in [2.24, 2.45) is 0 Å². The van der Waals surface area contributed by atoms with E-state index in [9.17, 15) is 19.2 Å². The van der Waals surface area contributed by atoms with E-state index >= 15 is 0 Å². The van der Waals surface area contributed by atoms with Gasteiger partial charge in [-0.25, -0.2) is 19.2 Å². The Balaban J connectivity index is 1.08. The fourth-order valence-electron chi connectivity index (χ4n) is 5.65. The van der Waals surface area contributed by atoms with Gasteiger partial charge < -0.3 is 37.9 Å². The Kier molecular flexibility index (Phi) is 18.1. The zero-order valence-corrected chi connectivity index (χ0v) is 30.6. The van der Waals surface area contributed by atoms with E-state index in [4.69, 9.17) is 37.9 Å². The fraction of sp³-hybridized carbons (Fsp3) is 0.429. The molecule has 2 aliphatic rings. The standard InChI is InChI=1S/C42H50O12/c1-3-37(43)49-27-11-7-5-9-25-47-33-19-13-31(14-20-33)17-23-39(45)53-35-29-51-42-36(30-52-41(35)42)54-40(46)24-18-32-15-21-34(22-16-32)48-26-10-6-8-12-28-50-38(44)4-2/h3-4,13-24,35-36,41-42H,1-2,5-12,25-30H2/b23-17-,24-18+. The van der Waals surface area contributed by atoms with Gasteiger partial charge in [-0.05, 0) is 98.9 Å². The Labute approximate surface area is 316 Å². The summed E-state index contributed by atoms with van der Waals surface area (Å²) in [6, 6.07) is 14.7. The first-order valence-electron chi connectivity index (χ1n) is 18.4. The van der Waals surface area contributed by atoms with Gasteiger partial charge in [0.05, 0.1) is 39.6 Å². The van der Waals surface area contributed by atoms with Gasteiger partial charge in [0.15, 0.2) is 12.2 Å². The van der Waals surface area contributed by atoms with E-state index in [1.165, 1.54) is 12.2 Å². The van der Waals surface area contributed by atoms with Gasteiger partial charge in [-0.15, -0.1) is 0 Å². The van der Waals surface area contributed by atoms with Crippen LogP contribution in [0.25, 0.3) is 12.2 Å². The van der Waals surface area contributed by atoms with E-state index < -0.39 is 48.3 Å². The Bertz CT molecular complexity index is 1450. The largest absolute Gasteiger partial charge is 0.494 e. The molecule has 2 heterocycles. The SMILES string of the molecule is C=CC(=O)OCCCCCCOc1ccc(/C=C\C(=O)OC2COC3C(OC(=O)/C=C/c4ccc(OCCCCCCOC(=O)C=C)cc4)COC23)cc1. The number of carbonyl (C=O) groups excluding carboxylic acids is 4. The summed E-state index contributed by atoms with van der Waals surface area (Å²) in [6.07, 6.45) is 13.2. The molecule has 2 aromatic carbocycles. The highest BCUT2D eigenvalue weighted by molar-refractivity contribution is 5.88. The average Bonchev–Trinajstić information content (AvgIpc) is 3.78. The van der Waals surface area contributed by atoms with Crippen molar-refractivity contribution in [3.05, 3.63) is 97.1 Å². The van der Waals surface area contributed by atoms with Gasteiger partial charge in [-0.3, -0.25) is 0 Å². The predicted octanol–water partition coefficient (Wildman–Crippen LogP) is 6.37. The van der Waals surface area contributed by atoms with Crippen molar-refractivity contribution in [1.82, 2.24) is 0 Å². The molecule has 0 spiro atoms. The Morgan fingerprint density at radius 1 is 0.537 bits per heavy atom. The number of hydrogen-bond acceptors (Lipinski definition) is 12. The van der Waals surface area contributed by atoms with Crippen molar-refractivity contribution in [1.29, 1.82) is 0 Å². The van der Waals surface area contributed by atoms with Gasteiger partial charge in [-0.2, -0.15) is 0 Å². The second-order valence-electron chi connectivity index (χ2n) is 12.6. The molecule has 0 saturated carbocycles. The van der Waals surface area contributed by atoms with E-state index in [1.54, 1.807) is 12.2 Å². The molecule has 0 bridgehead atoms. The number of benzene rings is 2. The summed E-state index contributed by atoms with van der Waals surface area (Å²) in [5.41, 5.74) is 1.61. The smallest absolute Gasteiger partial charge is 0.331 e. The molecule has 2 aliphatic heterocycles. The number of unbranched alkanes of at least 4 members (excludes halogenated alkanes) is 6. The van der Waals surface area contributed by atoms with Crippen LogP contribution >= 0.6 is 0 Å². The van der Waals surface area contributed by atoms with Gasteiger partial charge in [0.25, 0.3) is 0 Å². The lowest BCUT2D eigenvalue weighted by Gasteiger charge is -2.16. The quantitative estimate of drug-likeness (QED) is 0.0510. The fourth-order valence-corrected chi connectivity index (χ4v) is 5.65. The maximum atomic E-state index is 12.6. The molecule has 12 heteroatoms. The molecule has 12 nitrogen and oxygen atoms in total. The first-order valence-corrected chi connectivity index (χ1v) is 18.4. The third-order valence-electron chi connectivity index (χ3n) is 8.52. The molecule has 290 valence electrons. The molecular formula is C42H50O12. The molecule has 0 N–H and O–H groups in total. The van der Waals surface area contributed by atoms with E-state index in [2.05, 4.69) is 13.2 Å². The number of rotatable bonds is 24. The third kappa shape index (κ3) is 15.0. The van der Waals surface area contributed by atoms with Crippen molar-refractivity contribution in [2.45, 2.75) is 75.8 Å². The average molecular weight is 747 g/mol. The van der Waals surface area contributed by atoms with E-state index in [-0.39, 0.29) is 13.2 Å². The highest BCUT2D eigenvalue weighted by Crippen LogP contribution is 2.31. The summed E-state index contributed by atoms with van der Waals surface area (Å²) in [5.74, 6) is -0.402. The number of carbonyl (C=O) groups is 4. The van der Waals surface area contributed by atoms with Crippen LogP contribution in [0.15, 0.2) is 86.0 Å². The molecule has 0 amide bonds. The lowest BCUT2D eigenvalue weighted by molar-refractivity contribution is -0.149. The van der Waals surface area contributed by atoms with Crippen LogP contribution in [0.2, 0.25) is 0 Å². The highest BCUT2D eigenvalue weighted by atomic mass is 16.7. The summed E-state index contributed by atoms with van der Waals surface area (Å²) >= 11 is 0. The Morgan fingerprint density at radius 2 is 0.907 bits per heavy atom. The van der Waals surface area contributed by atoms with E-state index in [0.29, 0.717) is 26.4 Å². The van der Waals surface area contributed by atoms with Gasteiger partial charge in [0.2, 0.25) is 0 Å². The van der Waals surface area contributed by atoms with Gasteiger partial charge >= 0.3 is 23.9 Å². The third-order valence-corrected chi connectivity index (χ3v) is 8.52. The van der Waals surface area contributed by atoms with Crippen LogP contribution in [0.1, 0.15) is 62.5 Å². The van der Waals surface area contributed by atoms with Gasteiger partial charge in [0.1, 0.15) is 23.7 Å². The van der Waals surface area contributed by atoms with E-state index in [1.807, 2.05) is 48.5 Å². The number of ether oxygens (including phenoxy) is 8. The van der Waals surface area contributed by atoms with Crippen LogP contribution in [-0.2, 0) is 47.6 Å². The Hall–Kier alpha value is -5.20. The minimum atomic E-state index is -0.626. The molecular weight excluding hydrogens is 696 g/mol. The summed E-state index contributed by atoms with van der Waals surface area (Å²) in [5, 5.41) is 0. The molecule has 54 heavy (non-hydrogen) atoms. The van der Waals surface area contributed by atoms with Crippen LogP contribution in [0.5, 0.6) is 11.5 Å². The van der Waals surface area contributed by atoms with Crippen molar-refractivity contribution in [3.63, 3.8) is 0 Å². The maximum Gasteiger partial charge on any atom is 0.331 e. The minimum Gasteiger partial charge on any atom is -0.494 e. The van der Waals surface area contributed by atoms with Crippen molar-refractivity contribution >= 4 is 36.0 Å². The molecule has 0 aliphatic carbocycles. The monoisotopic (exact) mass is 746 g/mol. The second kappa shape index (κ2) is 23.5. The van der Waals surface area contributed by atoms with Crippen molar-refractivity contribution < 1.29 is 57.1 Å². The normalized spacial score (nSPS) is 18.9. The lowest BCUT2D eigenvalue weighted by atomic mass is 10.1. The first-order chi connectivity index (χ1) is 26.3. The molecule has 2 fully saturated rings. The molecule has 0 radical (unpaired) electrons. The number of fused-ring (bicyclic) bond motifs is 1. The Morgan fingerprint density at radius 3 is 1.28 bits per heavy atom. The summed E-state index contributed by atoms with van der Waals surface area (Å²) in [7, 11) is 0.